The molecule has 5 rings (SSSR count). The second kappa shape index (κ2) is 10.7. The molecule has 0 atom stereocenters. The van der Waals surface area contributed by atoms with Crippen LogP contribution in [-0.2, 0) is 20.9 Å². The summed E-state index contributed by atoms with van der Waals surface area (Å²) in [6.45, 7) is 2.46. The number of aromatic nitrogens is 4. The van der Waals surface area contributed by atoms with Crippen LogP contribution in [0.15, 0.2) is 66.9 Å². The maximum Gasteiger partial charge on any atom is 0.317 e. The van der Waals surface area contributed by atoms with E-state index in [1.165, 1.54) is 17.0 Å². The number of hydrogen-bond acceptors (Lipinski definition) is 7. The molecule has 196 valence electrons. The average molecular weight is 518 g/mol. The van der Waals surface area contributed by atoms with Crippen molar-refractivity contribution < 1.29 is 23.4 Å². The number of H-pyrrole nitrogens is 1. The number of carbonyl (C=O) groups is 1. The van der Waals surface area contributed by atoms with Crippen LogP contribution in [0.4, 0.5) is 4.39 Å². The summed E-state index contributed by atoms with van der Waals surface area (Å²) in [5.41, 5.74) is 2.51. The van der Waals surface area contributed by atoms with Crippen LogP contribution in [0.5, 0.6) is 6.01 Å². The summed E-state index contributed by atoms with van der Waals surface area (Å²) in [6.07, 6.45) is 0.783. The molecule has 10 heteroatoms. The Morgan fingerprint density at radius 1 is 1.08 bits per heavy atom. The molecule has 0 spiro atoms. The van der Waals surface area contributed by atoms with E-state index in [2.05, 4.69) is 15.0 Å². The first kappa shape index (κ1) is 25.5. The Morgan fingerprint density at radius 2 is 1.79 bits per heavy atom. The van der Waals surface area contributed by atoms with Crippen LogP contribution in [0, 0.1) is 11.2 Å². The van der Waals surface area contributed by atoms with E-state index >= 15 is 0 Å². The van der Waals surface area contributed by atoms with Gasteiger partial charge in [-0.25, -0.2) is 14.4 Å². The molecule has 1 saturated heterocycles. The number of nitrogens with one attached hydrogen (secondary N) is 1. The van der Waals surface area contributed by atoms with Crippen molar-refractivity contribution >= 4 is 5.91 Å². The van der Waals surface area contributed by atoms with Crippen molar-refractivity contribution in [3.63, 3.8) is 0 Å². The summed E-state index contributed by atoms with van der Waals surface area (Å²) >= 11 is 0. The number of halogens is 1. The summed E-state index contributed by atoms with van der Waals surface area (Å²) in [4.78, 5) is 30.9. The van der Waals surface area contributed by atoms with E-state index < -0.39 is 11.7 Å². The van der Waals surface area contributed by atoms with Crippen LogP contribution in [0.3, 0.4) is 0 Å². The minimum absolute atomic E-state index is 0.0768. The monoisotopic (exact) mass is 517 g/mol. The van der Waals surface area contributed by atoms with Crippen molar-refractivity contribution in [2.75, 3.05) is 27.3 Å². The maximum absolute atomic E-state index is 13.7. The highest BCUT2D eigenvalue weighted by Crippen LogP contribution is 2.36. The standard InChI is InChI=1S/C28H28FN5O4/c1-28(26(35)34(2)3)16-37-25(38-17-28)24-32-22(19-9-11-20(29)12-10-19)23(33-24)21-13-14-30-27(31-21)36-15-18-7-5-4-6-8-18/h4-14,25H,15-17H2,1-3H3,(H,32,33). The number of carbonyl (C=O) groups excluding carboxylic acids is 1. The topological polar surface area (TPSA) is 102 Å². The molecule has 1 aliphatic rings. The zero-order valence-electron chi connectivity index (χ0n) is 21.3. The zero-order valence-corrected chi connectivity index (χ0v) is 21.3. The lowest BCUT2D eigenvalue weighted by Crippen LogP contribution is -2.48. The highest BCUT2D eigenvalue weighted by Gasteiger charge is 2.41. The molecular weight excluding hydrogens is 489 g/mol. The molecular formula is C28H28FN5O4. The number of hydrogen-bond donors (Lipinski definition) is 1. The normalized spacial score (nSPS) is 19.2. The molecule has 4 aromatic rings. The van der Waals surface area contributed by atoms with E-state index in [9.17, 15) is 9.18 Å². The molecule has 0 radical (unpaired) electrons. The Morgan fingerprint density at radius 3 is 2.47 bits per heavy atom. The first-order chi connectivity index (χ1) is 18.3. The second-order valence-electron chi connectivity index (χ2n) is 9.57. The van der Waals surface area contributed by atoms with Gasteiger partial charge in [-0.15, -0.1) is 0 Å². The van der Waals surface area contributed by atoms with Crippen LogP contribution in [0.1, 0.15) is 24.6 Å². The number of aromatic amines is 1. The zero-order chi connectivity index (χ0) is 26.7. The molecule has 9 nitrogen and oxygen atoms in total. The fourth-order valence-corrected chi connectivity index (χ4v) is 4.21. The van der Waals surface area contributed by atoms with Gasteiger partial charge in [0.2, 0.25) is 12.2 Å². The third-order valence-corrected chi connectivity index (χ3v) is 6.19. The summed E-state index contributed by atoms with van der Waals surface area (Å²) in [5, 5.41) is 0. The second-order valence-corrected chi connectivity index (χ2v) is 9.57. The Hall–Kier alpha value is -4.15. The van der Waals surface area contributed by atoms with Crippen LogP contribution in [0.25, 0.3) is 22.6 Å². The first-order valence-electron chi connectivity index (χ1n) is 12.1. The van der Waals surface area contributed by atoms with Crippen LogP contribution in [0.2, 0.25) is 0 Å². The number of imidazole rings is 1. The summed E-state index contributed by atoms with van der Waals surface area (Å²) in [7, 11) is 3.40. The minimum Gasteiger partial charge on any atom is -0.459 e. The van der Waals surface area contributed by atoms with Gasteiger partial charge >= 0.3 is 6.01 Å². The fourth-order valence-electron chi connectivity index (χ4n) is 4.21. The Bertz CT molecular complexity index is 1400. The van der Waals surface area contributed by atoms with E-state index in [-0.39, 0.29) is 30.9 Å². The molecule has 0 aliphatic carbocycles. The van der Waals surface area contributed by atoms with Crippen molar-refractivity contribution in [2.24, 2.45) is 5.41 Å². The minimum atomic E-state index is -0.818. The lowest BCUT2D eigenvalue weighted by atomic mass is 9.90. The van der Waals surface area contributed by atoms with Gasteiger partial charge in [-0.3, -0.25) is 4.79 Å². The van der Waals surface area contributed by atoms with Crippen molar-refractivity contribution in [3.05, 3.63) is 84.1 Å². The number of ether oxygens (including phenoxy) is 3. The van der Waals surface area contributed by atoms with Gasteiger partial charge in [0.1, 0.15) is 12.4 Å². The van der Waals surface area contributed by atoms with Crippen molar-refractivity contribution in [3.8, 4) is 28.7 Å². The predicted molar refractivity (Wildman–Crippen MR) is 137 cm³/mol. The molecule has 0 bridgehead atoms. The summed E-state index contributed by atoms with van der Waals surface area (Å²) in [5.74, 6) is -0.0235. The van der Waals surface area contributed by atoms with Crippen molar-refractivity contribution in [1.29, 1.82) is 0 Å². The van der Waals surface area contributed by atoms with Gasteiger partial charge in [-0.1, -0.05) is 30.3 Å². The predicted octanol–water partition coefficient (Wildman–Crippen LogP) is 4.39. The molecule has 3 heterocycles. The summed E-state index contributed by atoms with van der Waals surface area (Å²) in [6, 6.07) is 17.7. The summed E-state index contributed by atoms with van der Waals surface area (Å²) < 4.78 is 31.4. The van der Waals surface area contributed by atoms with E-state index in [4.69, 9.17) is 19.2 Å². The van der Waals surface area contributed by atoms with E-state index in [0.29, 0.717) is 35.1 Å². The molecule has 2 aromatic carbocycles. The molecule has 0 saturated carbocycles. The van der Waals surface area contributed by atoms with E-state index in [1.54, 1.807) is 45.4 Å². The van der Waals surface area contributed by atoms with Crippen LogP contribution >= 0.6 is 0 Å². The van der Waals surface area contributed by atoms with Crippen molar-refractivity contribution in [1.82, 2.24) is 24.8 Å². The molecule has 1 fully saturated rings. The quantitative estimate of drug-likeness (QED) is 0.388. The Labute approximate surface area is 219 Å². The first-order valence-corrected chi connectivity index (χ1v) is 12.1. The third kappa shape index (κ3) is 5.41. The van der Waals surface area contributed by atoms with Crippen molar-refractivity contribution in [2.45, 2.75) is 19.8 Å². The van der Waals surface area contributed by atoms with Crippen LogP contribution < -0.4 is 4.74 Å². The van der Waals surface area contributed by atoms with Gasteiger partial charge < -0.3 is 24.1 Å². The average Bonchev–Trinajstić information content (AvgIpc) is 3.38. The SMILES string of the molecule is CN(C)C(=O)C1(C)COC(c2nc(-c3ccc(F)cc3)c(-c3ccnc(OCc4ccccc4)n3)[nH]2)OC1. The van der Waals surface area contributed by atoms with E-state index in [0.717, 1.165) is 5.56 Å². The molecule has 1 N–H and O–H groups in total. The Kier molecular flexibility index (Phi) is 7.17. The lowest BCUT2D eigenvalue weighted by molar-refractivity contribution is -0.233. The van der Waals surface area contributed by atoms with E-state index in [1.807, 2.05) is 30.3 Å². The third-order valence-electron chi connectivity index (χ3n) is 6.19. The highest BCUT2D eigenvalue weighted by molar-refractivity contribution is 5.82. The van der Waals surface area contributed by atoms with Gasteiger partial charge in [0.25, 0.3) is 0 Å². The number of rotatable bonds is 7. The fraction of sp³-hybridized carbons (Fsp3) is 0.286. The molecule has 38 heavy (non-hydrogen) atoms. The number of amides is 1. The molecule has 2 aromatic heterocycles. The van der Waals surface area contributed by atoms with Gasteiger partial charge in [-0.2, -0.15) is 4.98 Å². The largest absolute Gasteiger partial charge is 0.459 e. The lowest BCUT2D eigenvalue weighted by Gasteiger charge is -2.36. The molecule has 0 unspecified atom stereocenters. The molecule has 1 amide bonds. The van der Waals surface area contributed by atoms with Gasteiger partial charge in [0.05, 0.1) is 35.7 Å². The van der Waals surface area contributed by atoms with Gasteiger partial charge in [-0.05, 0) is 42.8 Å². The van der Waals surface area contributed by atoms with Crippen LogP contribution in [-0.4, -0.2) is 58.1 Å². The maximum atomic E-state index is 13.7. The molecule has 1 aliphatic heterocycles. The Balaban J connectivity index is 1.44. The number of nitrogens with zero attached hydrogens (tertiary/aromatic N) is 4. The smallest absolute Gasteiger partial charge is 0.317 e. The van der Waals surface area contributed by atoms with Gasteiger partial charge in [0, 0.05) is 25.9 Å². The van der Waals surface area contributed by atoms with Gasteiger partial charge in [0.15, 0.2) is 5.82 Å². The highest BCUT2D eigenvalue weighted by atomic mass is 19.1. The number of benzene rings is 2.